The van der Waals surface area contributed by atoms with E-state index in [0.29, 0.717) is 18.1 Å². The molecule has 3 heteroatoms. The highest BCUT2D eigenvalue weighted by molar-refractivity contribution is 5.82. The molecule has 0 aromatic rings. The lowest BCUT2D eigenvalue weighted by Crippen LogP contribution is -2.05. The largest absolute Gasteiger partial charge is 0.469 e. The van der Waals surface area contributed by atoms with Crippen molar-refractivity contribution in [3.8, 4) is 0 Å². The first kappa shape index (κ1) is 15.2. The van der Waals surface area contributed by atoms with Crippen molar-refractivity contribution < 1.29 is 14.3 Å². The predicted molar refractivity (Wildman–Crippen MR) is 71.3 cm³/mol. The molecule has 1 rings (SSSR count). The van der Waals surface area contributed by atoms with Gasteiger partial charge in [0.1, 0.15) is 5.78 Å². The van der Waals surface area contributed by atoms with Crippen LogP contribution in [0.3, 0.4) is 0 Å². The van der Waals surface area contributed by atoms with E-state index in [1.54, 1.807) is 0 Å². The number of rotatable bonds is 9. The van der Waals surface area contributed by atoms with E-state index in [0.717, 1.165) is 38.5 Å². The molecule has 0 amide bonds. The molecule has 0 aliphatic heterocycles. The van der Waals surface area contributed by atoms with Crippen molar-refractivity contribution in [3.05, 3.63) is 0 Å². The van der Waals surface area contributed by atoms with E-state index in [-0.39, 0.29) is 5.97 Å². The Labute approximate surface area is 110 Å². The lowest BCUT2D eigenvalue weighted by Gasteiger charge is -2.07. The van der Waals surface area contributed by atoms with Crippen LogP contribution in [0.25, 0.3) is 0 Å². The summed E-state index contributed by atoms with van der Waals surface area (Å²) in [4.78, 5) is 22.3. The van der Waals surface area contributed by atoms with Crippen LogP contribution in [0.1, 0.15) is 70.6 Å². The van der Waals surface area contributed by atoms with Crippen LogP contribution in [0.15, 0.2) is 0 Å². The van der Waals surface area contributed by atoms with Gasteiger partial charge in [-0.1, -0.05) is 32.1 Å². The maximum atomic E-state index is 11.4. The van der Waals surface area contributed by atoms with Gasteiger partial charge in [-0.05, 0) is 25.7 Å². The number of hydrogen-bond acceptors (Lipinski definition) is 3. The summed E-state index contributed by atoms with van der Waals surface area (Å²) in [5, 5.41) is 0. The molecule has 0 spiro atoms. The summed E-state index contributed by atoms with van der Waals surface area (Å²) in [6.45, 7) is 0. The first-order valence-corrected chi connectivity index (χ1v) is 7.33. The van der Waals surface area contributed by atoms with Crippen LogP contribution in [-0.4, -0.2) is 18.9 Å². The number of unbranched alkanes of at least 4 members (excludes halogenated alkanes) is 5. The zero-order valence-electron chi connectivity index (χ0n) is 11.6. The van der Waals surface area contributed by atoms with Gasteiger partial charge < -0.3 is 4.74 Å². The summed E-state index contributed by atoms with van der Waals surface area (Å²) >= 11 is 0. The molecule has 104 valence electrons. The van der Waals surface area contributed by atoms with Crippen LogP contribution in [0.4, 0.5) is 0 Å². The first-order chi connectivity index (χ1) is 8.74. The standard InChI is InChI=1S/C15H26O3/c1-18-15(17)12-7-5-3-2-4-6-9-13-10-8-11-14(13)16/h13H,2-12H2,1H3. The van der Waals surface area contributed by atoms with Crippen molar-refractivity contribution in [1.82, 2.24) is 0 Å². The molecule has 0 aromatic carbocycles. The Kier molecular flexibility index (Phi) is 7.70. The van der Waals surface area contributed by atoms with Crippen LogP contribution >= 0.6 is 0 Å². The molecule has 18 heavy (non-hydrogen) atoms. The number of esters is 1. The average Bonchev–Trinajstić information content (AvgIpc) is 2.78. The third-order valence-electron chi connectivity index (χ3n) is 3.84. The van der Waals surface area contributed by atoms with Gasteiger partial charge in [0, 0.05) is 18.8 Å². The second-order valence-electron chi connectivity index (χ2n) is 5.29. The van der Waals surface area contributed by atoms with Gasteiger partial charge in [0.05, 0.1) is 7.11 Å². The van der Waals surface area contributed by atoms with Crippen molar-refractivity contribution in [1.29, 1.82) is 0 Å². The van der Waals surface area contributed by atoms with Gasteiger partial charge in [-0.25, -0.2) is 0 Å². The third kappa shape index (κ3) is 6.18. The van der Waals surface area contributed by atoms with E-state index in [4.69, 9.17) is 0 Å². The van der Waals surface area contributed by atoms with Gasteiger partial charge in [0.2, 0.25) is 0 Å². The molecule has 0 bridgehead atoms. The molecule has 1 unspecified atom stereocenters. The Balaban J connectivity index is 1.84. The quantitative estimate of drug-likeness (QED) is 0.466. The first-order valence-electron chi connectivity index (χ1n) is 7.33. The van der Waals surface area contributed by atoms with Crippen molar-refractivity contribution in [2.75, 3.05) is 7.11 Å². The molecule has 1 saturated carbocycles. The highest BCUT2D eigenvalue weighted by Gasteiger charge is 2.23. The minimum absolute atomic E-state index is 0.102. The Morgan fingerprint density at radius 2 is 1.83 bits per heavy atom. The van der Waals surface area contributed by atoms with Crippen LogP contribution < -0.4 is 0 Å². The van der Waals surface area contributed by atoms with Crippen LogP contribution in [0.5, 0.6) is 0 Å². The molecule has 0 radical (unpaired) electrons. The molecule has 1 fully saturated rings. The number of carbonyl (C=O) groups is 2. The number of carbonyl (C=O) groups excluding carboxylic acids is 2. The molecular weight excluding hydrogens is 228 g/mol. The van der Waals surface area contributed by atoms with E-state index in [9.17, 15) is 9.59 Å². The summed E-state index contributed by atoms with van der Waals surface area (Å²) < 4.78 is 4.59. The van der Waals surface area contributed by atoms with E-state index in [2.05, 4.69) is 4.74 Å². The maximum absolute atomic E-state index is 11.4. The topological polar surface area (TPSA) is 43.4 Å². The van der Waals surface area contributed by atoms with Crippen molar-refractivity contribution in [3.63, 3.8) is 0 Å². The fourth-order valence-corrected chi connectivity index (χ4v) is 2.66. The van der Waals surface area contributed by atoms with E-state index < -0.39 is 0 Å². The van der Waals surface area contributed by atoms with Gasteiger partial charge in [-0.15, -0.1) is 0 Å². The van der Waals surface area contributed by atoms with Crippen LogP contribution in [0.2, 0.25) is 0 Å². The molecule has 0 saturated heterocycles. The summed E-state index contributed by atoms with van der Waals surface area (Å²) in [5.41, 5.74) is 0. The SMILES string of the molecule is COC(=O)CCCCCCCCC1CCCC1=O. The number of Topliss-reactive ketones (excluding diaryl/α,β-unsaturated/α-hetero) is 1. The zero-order valence-corrected chi connectivity index (χ0v) is 11.6. The summed E-state index contributed by atoms with van der Waals surface area (Å²) in [6, 6.07) is 0. The second kappa shape index (κ2) is 9.12. The van der Waals surface area contributed by atoms with Crippen molar-refractivity contribution >= 4 is 11.8 Å². The monoisotopic (exact) mass is 254 g/mol. The molecule has 1 aliphatic carbocycles. The smallest absolute Gasteiger partial charge is 0.305 e. The van der Waals surface area contributed by atoms with E-state index >= 15 is 0 Å². The van der Waals surface area contributed by atoms with Gasteiger partial charge in [-0.2, -0.15) is 0 Å². The molecule has 0 aromatic heterocycles. The molecular formula is C15H26O3. The third-order valence-corrected chi connectivity index (χ3v) is 3.84. The fourth-order valence-electron chi connectivity index (χ4n) is 2.66. The number of ether oxygens (including phenoxy) is 1. The normalized spacial score (nSPS) is 19.2. The minimum atomic E-state index is -0.102. The lowest BCUT2D eigenvalue weighted by molar-refractivity contribution is -0.140. The zero-order chi connectivity index (χ0) is 13.2. The average molecular weight is 254 g/mol. The van der Waals surface area contributed by atoms with Crippen LogP contribution in [0, 0.1) is 5.92 Å². The van der Waals surface area contributed by atoms with Crippen molar-refractivity contribution in [2.24, 2.45) is 5.92 Å². The summed E-state index contributed by atoms with van der Waals surface area (Å²) in [6.07, 6.45) is 11.6. The number of methoxy groups -OCH3 is 1. The Hall–Kier alpha value is -0.860. The molecule has 0 N–H and O–H groups in total. The predicted octanol–water partition coefficient (Wildman–Crippen LogP) is 3.65. The second-order valence-corrected chi connectivity index (χ2v) is 5.29. The number of hydrogen-bond donors (Lipinski definition) is 0. The van der Waals surface area contributed by atoms with Crippen molar-refractivity contribution in [2.45, 2.75) is 70.6 Å². The highest BCUT2D eigenvalue weighted by Crippen LogP contribution is 2.26. The summed E-state index contributed by atoms with van der Waals surface area (Å²) in [7, 11) is 1.44. The highest BCUT2D eigenvalue weighted by atomic mass is 16.5. The minimum Gasteiger partial charge on any atom is -0.469 e. The number of ketones is 1. The Morgan fingerprint density at radius 1 is 1.17 bits per heavy atom. The molecule has 1 atom stereocenters. The molecule has 3 nitrogen and oxygen atoms in total. The van der Waals surface area contributed by atoms with Gasteiger partial charge in [-0.3, -0.25) is 9.59 Å². The maximum Gasteiger partial charge on any atom is 0.305 e. The van der Waals surface area contributed by atoms with Crippen LogP contribution in [-0.2, 0) is 14.3 Å². The molecule has 1 aliphatic rings. The van der Waals surface area contributed by atoms with Gasteiger partial charge >= 0.3 is 5.97 Å². The molecule has 0 heterocycles. The Morgan fingerprint density at radius 3 is 2.44 bits per heavy atom. The van der Waals surface area contributed by atoms with Gasteiger partial charge in [0.25, 0.3) is 0 Å². The fraction of sp³-hybridized carbons (Fsp3) is 0.867. The van der Waals surface area contributed by atoms with E-state index in [1.165, 1.54) is 32.8 Å². The summed E-state index contributed by atoms with van der Waals surface area (Å²) in [5.74, 6) is 0.771. The lowest BCUT2D eigenvalue weighted by atomic mass is 9.98. The van der Waals surface area contributed by atoms with Gasteiger partial charge in [0.15, 0.2) is 0 Å². The Bertz CT molecular complexity index is 260. The van der Waals surface area contributed by atoms with E-state index in [1.807, 2.05) is 0 Å².